The van der Waals surface area contributed by atoms with Gasteiger partial charge in [0, 0.05) is 17.2 Å². The second-order valence-corrected chi connectivity index (χ2v) is 4.12. The van der Waals surface area contributed by atoms with E-state index >= 15 is 0 Å². The molecule has 76 valence electrons. The van der Waals surface area contributed by atoms with Gasteiger partial charge in [0.1, 0.15) is 5.82 Å². The van der Waals surface area contributed by atoms with Crippen LogP contribution >= 0.6 is 15.9 Å². The Bertz CT molecular complexity index is 411. The van der Waals surface area contributed by atoms with Crippen LogP contribution in [-0.4, -0.2) is 4.98 Å². The minimum Gasteiger partial charge on any atom is -0.366 e. The van der Waals surface area contributed by atoms with Gasteiger partial charge in [-0.2, -0.15) is 0 Å². The zero-order chi connectivity index (χ0) is 10.5. The summed E-state index contributed by atoms with van der Waals surface area (Å²) >= 11 is 3.35. The van der Waals surface area contributed by atoms with Crippen molar-refractivity contribution in [2.75, 3.05) is 5.32 Å². The van der Waals surface area contributed by atoms with Crippen LogP contribution in [0.4, 0.5) is 5.82 Å². The Balaban J connectivity index is 1.96. The van der Waals surface area contributed by atoms with Crippen molar-refractivity contribution in [1.29, 1.82) is 0 Å². The first-order valence-electron chi connectivity index (χ1n) is 4.74. The summed E-state index contributed by atoms with van der Waals surface area (Å²) in [5.41, 5.74) is 1.25. The van der Waals surface area contributed by atoms with Crippen molar-refractivity contribution in [2.24, 2.45) is 0 Å². The average Bonchev–Trinajstić information content (AvgIpc) is 2.30. The van der Waals surface area contributed by atoms with Crippen molar-refractivity contribution >= 4 is 21.7 Å². The number of benzene rings is 1. The fraction of sp³-hybridized carbons (Fsp3) is 0.0833. The largest absolute Gasteiger partial charge is 0.366 e. The molecule has 3 heteroatoms. The Kier molecular flexibility index (Phi) is 3.35. The van der Waals surface area contributed by atoms with Crippen LogP contribution in [0.2, 0.25) is 0 Å². The maximum absolute atomic E-state index is 4.24. The zero-order valence-electron chi connectivity index (χ0n) is 8.15. The monoisotopic (exact) mass is 262 g/mol. The lowest BCUT2D eigenvalue weighted by Crippen LogP contribution is -2.00. The number of hydrogen-bond donors (Lipinski definition) is 1. The summed E-state index contributed by atoms with van der Waals surface area (Å²) in [6.45, 7) is 0.801. The molecule has 0 aliphatic rings. The number of anilines is 1. The molecule has 1 heterocycles. The minimum absolute atomic E-state index is 0.801. The second-order valence-electron chi connectivity index (χ2n) is 3.20. The van der Waals surface area contributed by atoms with E-state index in [0.717, 1.165) is 16.8 Å². The van der Waals surface area contributed by atoms with Crippen molar-refractivity contribution in [1.82, 2.24) is 4.98 Å². The van der Waals surface area contributed by atoms with Gasteiger partial charge in [0.15, 0.2) is 0 Å². The van der Waals surface area contributed by atoms with E-state index in [-0.39, 0.29) is 0 Å². The lowest BCUT2D eigenvalue weighted by molar-refractivity contribution is 1.11. The first kappa shape index (κ1) is 10.2. The Labute approximate surface area is 97.5 Å². The molecule has 0 atom stereocenters. The molecule has 0 amide bonds. The summed E-state index contributed by atoms with van der Waals surface area (Å²) in [6.07, 6.45) is 1.79. The zero-order valence-corrected chi connectivity index (χ0v) is 9.74. The molecule has 0 bridgehead atoms. The molecule has 15 heavy (non-hydrogen) atoms. The van der Waals surface area contributed by atoms with E-state index in [2.05, 4.69) is 38.4 Å². The highest BCUT2D eigenvalue weighted by Gasteiger charge is 1.94. The Hall–Kier alpha value is -1.35. The maximum Gasteiger partial charge on any atom is 0.126 e. The number of nitrogens with one attached hydrogen (secondary N) is 1. The summed E-state index contributed by atoms with van der Waals surface area (Å²) in [7, 11) is 0. The van der Waals surface area contributed by atoms with Gasteiger partial charge >= 0.3 is 0 Å². The Morgan fingerprint density at radius 2 is 1.87 bits per heavy atom. The van der Waals surface area contributed by atoms with E-state index in [1.807, 2.05) is 30.3 Å². The van der Waals surface area contributed by atoms with Gasteiger partial charge in [-0.15, -0.1) is 0 Å². The maximum atomic E-state index is 4.24. The number of hydrogen-bond acceptors (Lipinski definition) is 2. The lowest BCUT2D eigenvalue weighted by atomic mass is 10.2. The molecule has 2 rings (SSSR count). The van der Waals surface area contributed by atoms with Gasteiger partial charge in [-0.1, -0.05) is 30.3 Å². The number of rotatable bonds is 3. The van der Waals surface area contributed by atoms with Crippen LogP contribution in [0.25, 0.3) is 0 Å². The van der Waals surface area contributed by atoms with Crippen LogP contribution in [0.15, 0.2) is 53.1 Å². The van der Waals surface area contributed by atoms with Crippen LogP contribution in [-0.2, 0) is 6.54 Å². The normalized spacial score (nSPS) is 9.93. The third-order valence-electron chi connectivity index (χ3n) is 2.04. The van der Waals surface area contributed by atoms with E-state index < -0.39 is 0 Å². The molecular formula is C12H11BrN2. The lowest BCUT2D eigenvalue weighted by Gasteiger charge is -2.04. The topological polar surface area (TPSA) is 24.9 Å². The molecule has 2 aromatic rings. The molecule has 1 aromatic heterocycles. The quantitative estimate of drug-likeness (QED) is 0.917. The Morgan fingerprint density at radius 3 is 2.53 bits per heavy atom. The minimum atomic E-state index is 0.801. The van der Waals surface area contributed by atoms with Gasteiger partial charge in [0.25, 0.3) is 0 Å². The van der Waals surface area contributed by atoms with Crippen LogP contribution in [0.3, 0.4) is 0 Å². The van der Waals surface area contributed by atoms with Gasteiger partial charge < -0.3 is 5.32 Å². The predicted octanol–water partition coefficient (Wildman–Crippen LogP) is 3.46. The number of pyridine rings is 1. The number of aromatic nitrogens is 1. The third-order valence-corrected chi connectivity index (χ3v) is 2.51. The third kappa shape index (κ3) is 3.06. The van der Waals surface area contributed by atoms with Crippen LogP contribution in [0, 0.1) is 0 Å². The van der Waals surface area contributed by atoms with E-state index in [1.54, 1.807) is 6.20 Å². The standard InChI is InChI=1S/C12H11BrN2/c13-11-6-7-12(15-9-11)14-8-10-4-2-1-3-5-10/h1-7,9H,8H2,(H,14,15). The SMILES string of the molecule is Brc1ccc(NCc2ccccc2)nc1. The molecule has 0 unspecified atom stereocenters. The van der Waals surface area contributed by atoms with Gasteiger partial charge in [-0.25, -0.2) is 4.98 Å². The van der Waals surface area contributed by atoms with Crippen molar-refractivity contribution in [3.63, 3.8) is 0 Å². The molecule has 0 saturated heterocycles. The summed E-state index contributed by atoms with van der Waals surface area (Å²) in [5, 5.41) is 3.26. The van der Waals surface area contributed by atoms with Gasteiger partial charge in [-0.3, -0.25) is 0 Å². The fourth-order valence-corrected chi connectivity index (χ4v) is 1.50. The van der Waals surface area contributed by atoms with Crippen LogP contribution in [0.1, 0.15) is 5.56 Å². The summed E-state index contributed by atoms with van der Waals surface area (Å²) in [4.78, 5) is 4.24. The van der Waals surface area contributed by atoms with Crippen molar-refractivity contribution < 1.29 is 0 Å². The number of nitrogens with zero attached hydrogens (tertiary/aromatic N) is 1. The van der Waals surface area contributed by atoms with Crippen LogP contribution < -0.4 is 5.32 Å². The molecule has 0 aliphatic carbocycles. The smallest absolute Gasteiger partial charge is 0.126 e. The van der Waals surface area contributed by atoms with E-state index in [0.29, 0.717) is 0 Å². The van der Waals surface area contributed by atoms with Crippen molar-refractivity contribution in [2.45, 2.75) is 6.54 Å². The summed E-state index contributed by atoms with van der Waals surface area (Å²) in [5.74, 6) is 0.891. The average molecular weight is 263 g/mol. The molecule has 0 saturated carbocycles. The number of halogens is 1. The highest BCUT2D eigenvalue weighted by molar-refractivity contribution is 9.10. The summed E-state index contributed by atoms with van der Waals surface area (Å²) < 4.78 is 0.993. The molecule has 0 radical (unpaired) electrons. The van der Waals surface area contributed by atoms with E-state index in [1.165, 1.54) is 5.56 Å². The highest BCUT2D eigenvalue weighted by atomic mass is 79.9. The molecule has 1 aromatic carbocycles. The second kappa shape index (κ2) is 4.94. The molecular weight excluding hydrogens is 252 g/mol. The van der Waals surface area contributed by atoms with Gasteiger partial charge in [0.2, 0.25) is 0 Å². The van der Waals surface area contributed by atoms with E-state index in [4.69, 9.17) is 0 Å². The molecule has 2 nitrogen and oxygen atoms in total. The van der Waals surface area contributed by atoms with Crippen molar-refractivity contribution in [3.8, 4) is 0 Å². The first-order valence-corrected chi connectivity index (χ1v) is 5.53. The van der Waals surface area contributed by atoms with Gasteiger partial charge in [-0.05, 0) is 33.6 Å². The predicted molar refractivity (Wildman–Crippen MR) is 65.7 cm³/mol. The molecule has 1 N–H and O–H groups in total. The molecule has 0 fully saturated rings. The van der Waals surface area contributed by atoms with Gasteiger partial charge in [0.05, 0.1) is 0 Å². The fourth-order valence-electron chi connectivity index (χ4n) is 1.27. The highest BCUT2D eigenvalue weighted by Crippen LogP contribution is 2.11. The van der Waals surface area contributed by atoms with E-state index in [9.17, 15) is 0 Å². The molecule has 0 spiro atoms. The first-order chi connectivity index (χ1) is 7.34. The summed E-state index contributed by atoms with van der Waals surface area (Å²) in [6, 6.07) is 14.2. The molecule has 0 aliphatic heterocycles. The van der Waals surface area contributed by atoms with Crippen LogP contribution in [0.5, 0.6) is 0 Å². The van der Waals surface area contributed by atoms with Crippen molar-refractivity contribution in [3.05, 3.63) is 58.7 Å². The Morgan fingerprint density at radius 1 is 1.07 bits per heavy atom.